The average molecular weight is 331 g/mol. The highest BCUT2D eigenvalue weighted by molar-refractivity contribution is 5.50. The van der Waals surface area contributed by atoms with Gasteiger partial charge >= 0.3 is 12.3 Å². The van der Waals surface area contributed by atoms with Crippen LogP contribution in [0.15, 0.2) is 48.5 Å². The van der Waals surface area contributed by atoms with Crippen molar-refractivity contribution in [2.75, 3.05) is 5.32 Å². The van der Waals surface area contributed by atoms with E-state index in [1.165, 1.54) is 12.1 Å². The molecule has 2 rings (SSSR count). The zero-order chi connectivity index (χ0) is 17.1. The predicted octanol–water partition coefficient (Wildman–Crippen LogP) is 5.14. The van der Waals surface area contributed by atoms with Gasteiger partial charge in [-0.1, -0.05) is 30.3 Å². The Balaban J connectivity index is 1.99. The summed E-state index contributed by atoms with van der Waals surface area (Å²) in [5, 5.41) is 3.15. The van der Waals surface area contributed by atoms with Crippen LogP contribution in [-0.2, 0) is 6.54 Å². The number of hydrogen-bond donors (Lipinski definition) is 1. The van der Waals surface area contributed by atoms with E-state index >= 15 is 0 Å². The molecule has 0 aliphatic rings. The summed E-state index contributed by atoms with van der Waals surface area (Å²) in [4.78, 5) is 0. The van der Waals surface area contributed by atoms with Gasteiger partial charge in [-0.3, -0.25) is 0 Å². The molecule has 0 aliphatic heterocycles. The fraction of sp³-hybridized carbons (Fsp3) is 0.250. The molecule has 0 aromatic heterocycles. The van der Waals surface area contributed by atoms with Gasteiger partial charge in [0.25, 0.3) is 0 Å². The summed E-state index contributed by atoms with van der Waals surface area (Å²) < 4.78 is 65.4. The first kappa shape index (κ1) is 17.1. The van der Waals surface area contributed by atoms with Crippen LogP contribution in [0.25, 0.3) is 0 Å². The number of halogens is 5. The smallest absolute Gasteiger partial charge is 0.426 e. The van der Waals surface area contributed by atoms with E-state index < -0.39 is 18.0 Å². The lowest BCUT2D eigenvalue weighted by Crippen LogP contribution is -2.41. The van der Waals surface area contributed by atoms with E-state index in [4.69, 9.17) is 0 Å². The summed E-state index contributed by atoms with van der Waals surface area (Å²) in [6.45, 7) is 2.33. The molecule has 7 heteroatoms. The molecule has 0 bridgehead atoms. The number of ether oxygens (including phenoxy) is 1. The van der Waals surface area contributed by atoms with Crippen molar-refractivity contribution in [3.8, 4) is 5.75 Å². The van der Waals surface area contributed by atoms with Crippen LogP contribution in [-0.4, -0.2) is 12.3 Å². The van der Waals surface area contributed by atoms with Gasteiger partial charge in [0.15, 0.2) is 0 Å². The van der Waals surface area contributed by atoms with Crippen LogP contribution in [0.5, 0.6) is 5.75 Å². The molecule has 0 fully saturated rings. The third kappa shape index (κ3) is 4.34. The van der Waals surface area contributed by atoms with Gasteiger partial charge in [-0.05, 0) is 36.2 Å². The first-order chi connectivity index (χ1) is 10.7. The van der Waals surface area contributed by atoms with Crippen LogP contribution in [0.3, 0.4) is 0 Å². The largest absolute Gasteiger partial charge is 0.499 e. The van der Waals surface area contributed by atoms with E-state index in [-0.39, 0.29) is 0 Å². The molecule has 0 aliphatic carbocycles. The van der Waals surface area contributed by atoms with Crippen molar-refractivity contribution in [2.45, 2.75) is 25.8 Å². The highest BCUT2D eigenvalue weighted by Gasteiger charge is 2.61. The van der Waals surface area contributed by atoms with Crippen LogP contribution in [0.1, 0.15) is 11.1 Å². The Bertz CT molecular complexity index is 652. The molecule has 124 valence electrons. The van der Waals surface area contributed by atoms with Crippen LogP contribution in [0.2, 0.25) is 0 Å². The SMILES string of the molecule is Cc1ccccc1NCc1ccc(OC(F)(F)C(F)(F)F)cc1. The van der Waals surface area contributed by atoms with Crippen LogP contribution < -0.4 is 10.1 Å². The van der Waals surface area contributed by atoms with Crippen molar-refractivity contribution < 1.29 is 26.7 Å². The van der Waals surface area contributed by atoms with Gasteiger partial charge in [-0.2, -0.15) is 22.0 Å². The summed E-state index contributed by atoms with van der Waals surface area (Å²) in [6, 6.07) is 12.6. The number of nitrogens with one attached hydrogen (secondary N) is 1. The second-order valence-corrected chi connectivity index (χ2v) is 4.93. The zero-order valence-electron chi connectivity index (χ0n) is 12.1. The van der Waals surface area contributed by atoms with Gasteiger partial charge in [-0.25, -0.2) is 0 Å². The first-order valence-electron chi connectivity index (χ1n) is 6.71. The summed E-state index contributed by atoms with van der Waals surface area (Å²) in [6.07, 6.45) is -11.0. The number of anilines is 1. The third-order valence-corrected chi connectivity index (χ3v) is 3.13. The summed E-state index contributed by atoms with van der Waals surface area (Å²) >= 11 is 0. The molecule has 23 heavy (non-hydrogen) atoms. The minimum absolute atomic E-state index is 0.404. The minimum Gasteiger partial charge on any atom is -0.426 e. The molecular formula is C16H14F5NO. The lowest BCUT2D eigenvalue weighted by molar-refractivity contribution is -0.360. The Morgan fingerprint density at radius 2 is 1.52 bits per heavy atom. The van der Waals surface area contributed by atoms with Crippen molar-refractivity contribution >= 4 is 5.69 Å². The summed E-state index contributed by atoms with van der Waals surface area (Å²) in [5.74, 6) is -0.549. The quantitative estimate of drug-likeness (QED) is 0.766. The molecule has 0 saturated heterocycles. The first-order valence-corrected chi connectivity index (χ1v) is 6.71. The summed E-state index contributed by atoms with van der Waals surface area (Å²) in [5.41, 5.74) is 2.67. The summed E-state index contributed by atoms with van der Waals surface area (Å²) in [7, 11) is 0. The van der Waals surface area contributed by atoms with Crippen LogP contribution >= 0.6 is 0 Å². The van der Waals surface area contributed by atoms with Crippen molar-refractivity contribution in [3.63, 3.8) is 0 Å². The molecule has 2 aromatic carbocycles. The Labute approximate surface area is 129 Å². The van der Waals surface area contributed by atoms with Gasteiger partial charge < -0.3 is 10.1 Å². The Hall–Kier alpha value is -2.31. The molecule has 0 saturated carbocycles. The second-order valence-electron chi connectivity index (χ2n) is 4.93. The fourth-order valence-corrected chi connectivity index (χ4v) is 1.85. The monoisotopic (exact) mass is 331 g/mol. The lowest BCUT2D eigenvalue weighted by atomic mass is 10.1. The van der Waals surface area contributed by atoms with Gasteiger partial charge in [0.05, 0.1) is 0 Å². The molecule has 0 unspecified atom stereocenters. The minimum atomic E-state index is -5.75. The molecule has 2 aromatic rings. The van der Waals surface area contributed by atoms with E-state index in [9.17, 15) is 22.0 Å². The maximum Gasteiger partial charge on any atom is 0.499 e. The molecule has 0 heterocycles. The lowest BCUT2D eigenvalue weighted by Gasteiger charge is -2.20. The maximum atomic E-state index is 12.8. The molecule has 0 spiro atoms. The normalized spacial score (nSPS) is 12.1. The topological polar surface area (TPSA) is 21.3 Å². The number of rotatable bonds is 5. The maximum absolute atomic E-state index is 12.8. The third-order valence-electron chi connectivity index (χ3n) is 3.13. The van der Waals surface area contributed by atoms with Crippen molar-refractivity contribution in [1.29, 1.82) is 0 Å². The Morgan fingerprint density at radius 3 is 2.09 bits per heavy atom. The van der Waals surface area contributed by atoms with E-state index in [0.29, 0.717) is 6.54 Å². The molecule has 2 nitrogen and oxygen atoms in total. The van der Waals surface area contributed by atoms with Gasteiger partial charge in [0, 0.05) is 12.2 Å². The molecule has 0 radical (unpaired) electrons. The van der Waals surface area contributed by atoms with Crippen molar-refractivity contribution in [2.24, 2.45) is 0 Å². The number of hydrogen-bond acceptors (Lipinski definition) is 2. The van der Waals surface area contributed by atoms with Crippen molar-refractivity contribution in [3.05, 3.63) is 59.7 Å². The van der Waals surface area contributed by atoms with Gasteiger partial charge in [0.2, 0.25) is 0 Å². The Kier molecular flexibility index (Phi) is 4.77. The van der Waals surface area contributed by atoms with E-state index in [1.807, 2.05) is 31.2 Å². The highest BCUT2D eigenvalue weighted by Crippen LogP contribution is 2.37. The number of aryl methyl sites for hydroxylation is 1. The second kappa shape index (κ2) is 6.44. The van der Waals surface area contributed by atoms with Crippen LogP contribution in [0.4, 0.5) is 27.6 Å². The van der Waals surface area contributed by atoms with Gasteiger partial charge in [0.1, 0.15) is 5.75 Å². The van der Waals surface area contributed by atoms with E-state index in [1.54, 1.807) is 0 Å². The number of alkyl halides is 5. The highest BCUT2D eigenvalue weighted by atomic mass is 19.4. The predicted molar refractivity (Wildman–Crippen MR) is 76.6 cm³/mol. The Morgan fingerprint density at radius 1 is 0.913 bits per heavy atom. The standard InChI is InChI=1S/C16H14F5NO/c1-11-4-2-3-5-14(11)22-10-12-6-8-13(9-7-12)23-16(20,21)15(17,18)19/h2-9,22H,10H2,1H3. The van der Waals surface area contributed by atoms with Crippen LogP contribution in [0, 0.1) is 6.92 Å². The van der Waals surface area contributed by atoms with E-state index in [2.05, 4.69) is 10.1 Å². The number of para-hydroxylation sites is 1. The van der Waals surface area contributed by atoms with Gasteiger partial charge in [-0.15, -0.1) is 0 Å². The number of benzene rings is 2. The van der Waals surface area contributed by atoms with Crippen molar-refractivity contribution in [1.82, 2.24) is 0 Å². The van der Waals surface area contributed by atoms with E-state index in [0.717, 1.165) is 28.9 Å². The zero-order valence-corrected chi connectivity index (χ0v) is 12.1. The molecule has 1 N–H and O–H groups in total. The molecule has 0 atom stereocenters. The molecule has 0 amide bonds. The molecular weight excluding hydrogens is 317 g/mol. The fourth-order valence-electron chi connectivity index (χ4n) is 1.85. The average Bonchev–Trinajstić information content (AvgIpc) is 2.46.